The van der Waals surface area contributed by atoms with E-state index >= 15 is 0 Å². The summed E-state index contributed by atoms with van der Waals surface area (Å²) in [6.45, 7) is 4.12. The van der Waals surface area contributed by atoms with Crippen molar-refractivity contribution >= 4 is 21.9 Å². The zero-order chi connectivity index (χ0) is 14.4. The number of hydrogen-bond donors (Lipinski definition) is 0. The fraction of sp³-hybridized carbons (Fsp3) is 0.111. The van der Waals surface area contributed by atoms with E-state index in [0.29, 0.717) is 0 Å². The fourth-order valence-electron chi connectivity index (χ4n) is 2.80. The molecule has 0 saturated carbocycles. The Bertz CT molecular complexity index is 969. The maximum absolute atomic E-state index is 6.06. The van der Waals surface area contributed by atoms with Gasteiger partial charge in [0, 0.05) is 28.7 Å². The highest BCUT2D eigenvalue weighted by molar-refractivity contribution is 6.10. The third kappa shape index (κ3) is 1.82. The first-order valence-corrected chi connectivity index (χ1v) is 6.93. The molecule has 4 rings (SSSR count). The van der Waals surface area contributed by atoms with Crippen LogP contribution in [0.25, 0.3) is 33.2 Å². The Morgan fingerprint density at radius 3 is 2.81 bits per heavy atom. The summed E-state index contributed by atoms with van der Waals surface area (Å²) in [5.41, 5.74) is 5.97. The average Bonchev–Trinajstić information content (AvgIpc) is 2.87. The Morgan fingerprint density at radius 2 is 1.95 bits per heavy atom. The molecule has 3 nitrogen and oxygen atoms in total. The van der Waals surface area contributed by atoms with Crippen LogP contribution < -0.4 is 0 Å². The Morgan fingerprint density at radius 1 is 1.05 bits per heavy atom. The van der Waals surface area contributed by atoms with Crippen LogP contribution in [0.2, 0.25) is 0 Å². The Kier molecular flexibility index (Phi) is 2.54. The van der Waals surface area contributed by atoms with E-state index < -0.39 is 0 Å². The van der Waals surface area contributed by atoms with Gasteiger partial charge in [0.1, 0.15) is 5.58 Å². The van der Waals surface area contributed by atoms with Crippen LogP contribution in [0.1, 0.15) is 11.1 Å². The lowest BCUT2D eigenvalue weighted by Gasteiger charge is -2.02. The van der Waals surface area contributed by atoms with E-state index in [2.05, 4.69) is 48.1 Å². The number of furan rings is 1. The van der Waals surface area contributed by atoms with Gasteiger partial charge in [0.2, 0.25) is 0 Å². The van der Waals surface area contributed by atoms with Gasteiger partial charge in [0.05, 0.1) is 11.9 Å². The predicted molar refractivity (Wildman–Crippen MR) is 84.2 cm³/mol. The lowest BCUT2D eigenvalue weighted by atomic mass is 10.0. The molecule has 4 aromatic rings. The van der Waals surface area contributed by atoms with Gasteiger partial charge < -0.3 is 4.42 Å². The van der Waals surface area contributed by atoms with Gasteiger partial charge in [-0.25, -0.2) is 0 Å². The van der Waals surface area contributed by atoms with E-state index in [4.69, 9.17) is 4.42 Å². The first-order valence-electron chi connectivity index (χ1n) is 6.93. The number of para-hydroxylation sites is 1. The molecule has 0 amide bonds. The molecular formula is C18H14N2O. The van der Waals surface area contributed by atoms with Crippen LogP contribution in [0.4, 0.5) is 0 Å². The second-order valence-corrected chi connectivity index (χ2v) is 5.33. The van der Waals surface area contributed by atoms with Crippen molar-refractivity contribution in [3.05, 3.63) is 60.0 Å². The molecule has 0 bridgehead atoms. The molecule has 0 aliphatic heterocycles. The number of benzene rings is 1. The number of nitrogens with zero attached hydrogens (tertiary/aromatic N) is 2. The van der Waals surface area contributed by atoms with Crippen molar-refractivity contribution in [2.45, 2.75) is 13.8 Å². The SMILES string of the molecule is Cc1ccnc(-c2cccc3c2oc2cncc(C)c23)c1. The molecule has 0 aliphatic carbocycles. The van der Waals surface area contributed by atoms with E-state index in [1.807, 2.05) is 18.5 Å². The average molecular weight is 274 g/mol. The van der Waals surface area contributed by atoms with Gasteiger partial charge in [-0.1, -0.05) is 12.1 Å². The Hall–Kier alpha value is -2.68. The Labute approximate surface area is 122 Å². The maximum atomic E-state index is 6.06. The molecule has 0 saturated heterocycles. The molecular weight excluding hydrogens is 260 g/mol. The summed E-state index contributed by atoms with van der Waals surface area (Å²) in [6, 6.07) is 10.3. The summed E-state index contributed by atoms with van der Waals surface area (Å²) in [5.74, 6) is 0. The lowest BCUT2D eigenvalue weighted by molar-refractivity contribution is 0.667. The minimum absolute atomic E-state index is 0.824. The number of aromatic nitrogens is 2. The highest BCUT2D eigenvalue weighted by atomic mass is 16.3. The van der Waals surface area contributed by atoms with E-state index in [1.165, 1.54) is 5.56 Å². The van der Waals surface area contributed by atoms with E-state index in [9.17, 15) is 0 Å². The number of rotatable bonds is 1. The predicted octanol–water partition coefficient (Wildman–Crippen LogP) is 4.66. The maximum Gasteiger partial charge on any atom is 0.153 e. The lowest BCUT2D eigenvalue weighted by Crippen LogP contribution is -1.84. The topological polar surface area (TPSA) is 38.9 Å². The van der Waals surface area contributed by atoms with Crippen LogP contribution in [0, 0.1) is 13.8 Å². The number of pyridine rings is 2. The normalized spacial score (nSPS) is 11.3. The number of hydrogen-bond acceptors (Lipinski definition) is 3. The molecule has 0 aliphatic rings. The monoisotopic (exact) mass is 274 g/mol. The number of fused-ring (bicyclic) bond motifs is 3. The molecule has 3 heterocycles. The zero-order valence-electron chi connectivity index (χ0n) is 11.9. The molecule has 0 atom stereocenters. The van der Waals surface area contributed by atoms with Gasteiger partial charge in [-0.3, -0.25) is 9.97 Å². The molecule has 3 aromatic heterocycles. The first-order chi connectivity index (χ1) is 10.2. The second-order valence-electron chi connectivity index (χ2n) is 5.33. The molecule has 0 spiro atoms. The largest absolute Gasteiger partial charge is 0.454 e. The van der Waals surface area contributed by atoms with Crippen molar-refractivity contribution in [2.75, 3.05) is 0 Å². The molecule has 21 heavy (non-hydrogen) atoms. The summed E-state index contributed by atoms with van der Waals surface area (Å²) >= 11 is 0. The van der Waals surface area contributed by atoms with Gasteiger partial charge in [-0.2, -0.15) is 0 Å². The smallest absolute Gasteiger partial charge is 0.153 e. The summed E-state index contributed by atoms with van der Waals surface area (Å²) in [5, 5.41) is 2.25. The van der Waals surface area contributed by atoms with E-state index in [1.54, 1.807) is 6.20 Å². The minimum Gasteiger partial charge on any atom is -0.454 e. The van der Waals surface area contributed by atoms with Crippen LogP contribution in [0.15, 0.2) is 53.3 Å². The third-order valence-corrected chi connectivity index (χ3v) is 3.79. The molecule has 0 fully saturated rings. The fourth-order valence-corrected chi connectivity index (χ4v) is 2.80. The van der Waals surface area contributed by atoms with Crippen LogP contribution in [0.5, 0.6) is 0 Å². The Balaban J connectivity index is 2.12. The quantitative estimate of drug-likeness (QED) is 0.506. The van der Waals surface area contributed by atoms with E-state index in [-0.39, 0.29) is 0 Å². The van der Waals surface area contributed by atoms with Crippen molar-refractivity contribution in [3.8, 4) is 11.3 Å². The van der Waals surface area contributed by atoms with Crippen molar-refractivity contribution in [1.82, 2.24) is 9.97 Å². The van der Waals surface area contributed by atoms with Gasteiger partial charge in [0.15, 0.2) is 5.58 Å². The first kappa shape index (κ1) is 12.1. The van der Waals surface area contributed by atoms with Crippen molar-refractivity contribution in [1.29, 1.82) is 0 Å². The molecule has 1 aromatic carbocycles. The van der Waals surface area contributed by atoms with Gasteiger partial charge in [0.25, 0.3) is 0 Å². The van der Waals surface area contributed by atoms with Crippen LogP contribution in [-0.2, 0) is 0 Å². The summed E-state index contributed by atoms with van der Waals surface area (Å²) in [7, 11) is 0. The standard InChI is InChI=1S/C18H14N2O/c1-11-6-7-20-15(8-11)13-4-3-5-14-17-12(2)9-19-10-16(17)21-18(13)14/h3-10H,1-2H3. The summed E-state index contributed by atoms with van der Waals surface area (Å²) in [6.07, 6.45) is 5.48. The highest BCUT2D eigenvalue weighted by Crippen LogP contribution is 2.36. The molecule has 102 valence electrons. The van der Waals surface area contributed by atoms with Gasteiger partial charge in [-0.05, 0) is 43.2 Å². The van der Waals surface area contributed by atoms with Crippen LogP contribution >= 0.6 is 0 Å². The summed E-state index contributed by atoms with van der Waals surface area (Å²) < 4.78 is 6.06. The zero-order valence-corrected chi connectivity index (χ0v) is 11.9. The highest BCUT2D eigenvalue weighted by Gasteiger charge is 2.14. The molecule has 0 radical (unpaired) electrons. The van der Waals surface area contributed by atoms with Crippen molar-refractivity contribution < 1.29 is 4.42 Å². The summed E-state index contributed by atoms with van der Waals surface area (Å²) in [4.78, 5) is 8.69. The molecule has 0 N–H and O–H groups in total. The van der Waals surface area contributed by atoms with Crippen molar-refractivity contribution in [2.24, 2.45) is 0 Å². The van der Waals surface area contributed by atoms with E-state index in [0.717, 1.165) is 38.8 Å². The molecule has 0 unspecified atom stereocenters. The third-order valence-electron chi connectivity index (χ3n) is 3.79. The van der Waals surface area contributed by atoms with Gasteiger partial charge in [-0.15, -0.1) is 0 Å². The van der Waals surface area contributed by atoms with Crippen molar-refractivity contribution in [3.63, 3.8) is 0 Å². The minimum atomic E-state index is 0.824. The number of aryl methyl sites for hydroxylation is 2. The second kappa shape index (κ2) is 4.42. The van der Waals surface area contributed by atoms with Crippen LogP contribution in [-0.4, -0.2) is 9.97 Å². The molecule has 3 heteroatoms. The van der Waals surface area contributed by atoms with Crippen LogP contribution in [0.3, 0.4) is 0 Å². The van der Waals surface area contributed by atoms with Gasteiger partial charge >= 0.3 is 0 Å².